The van der Waals surface area contributed by atoms with Crippen LogP contribution in [0.3, 0.4) is 0 Å². The molecule has 0 fully saturated rings. The van der Waals surface area contributed by atoms with E-state index in [9.17, 15) is 22.3 Å². The van der Waals surface area contributed by atoms with E-state index in [-0.39, 0.29) is 20.4 Å². The van der Waals surface area contributed by atoms with E-state index in [1.807, 2.05) is 13.0 Å². The van der Waals surface area contributed by atoms with Crippen LogP contribution in [0.1, 0.15) is 34.5 Å². The van der Waals surface area contributed by atoms with Crippen LogP contribution in [-0.2, 0) is 9.84 Å². The highest BCUT2D eigenvalue weighted by atomic mass is 35.5. The Morgan fingerprint density at radius 2 is 1.76 bits per heavy atom. The lowest BCUT2D eigenvalue weighted by Gasteiger charge is -2.28. The second kappa shape index (κ2) is 9.44. The third kappa shape index (κ3) is 6.13. The van der Waals surface area contributed by atoms with E-state index in [4.69, 9.17) is 11.6 Å². The minimum atomic E-state index is -3.54. The maximum absolute atomic E-state index is 13.1. The lowest BCUT2D eigenvalue weighted by atomic mass is 10.0. The van der Waals surface area contributed by atoms with E-state index in [0.717, 1.165) is 11.8 Å². The van der Waals surface area contributed by atoms with Crippen LogP contribution in [0.15, 0.2) is 64.5 Å². The number of benzene rings is 2. The molecule has 0 aliphatic heterocycles. The first-order valence-corrected chi connectivity index (χ1v) is 14.1. The molecule has 1 atom stereocenters. The van der Waals surface area contributed by atoms with Crippen molar-refractivity contribution >= 4 is 37.9 Å². The van der Waals surface area contributed by atoms with Crippen molar-refractivity contribution in [3.8, 4) is 11.3 Å². The number of aryl methyl sites for hydroxylation is 1. The van der Waals surface area contributed by atoms with Crippen molar-refractivity contribution in [3.05, 3.63) is 76.4 Å². The highest BCUT2D eigenvalue weighted by Crippen LogP contribution is 2.45. The molecule has 3 N–H and O–H groups in total. The molecule has 7 nitrogen and oxygen atoms in total. The van der Waals surface area contributed by atoms with Crippen LogP contribution in [-0.4, -0.2) is 40.9 Å². The number of nitrogens with one attached hydrogen (secondary N) is 1. The summed E-state index contributed by atoms with van der Waals surface area (Å²) in [6, 6.07) is 12.3. The van der Waals surface area contributed by atoms with Crippen LogP contribution in [0.25, 0.3) is 11.3 Å². The van der Waals surface area contributed by atoms with Gasteiger partial charge in [0.05, 0.1) is 26.5 Å². The number of carbonyl (C=O) groups excluding carboxylic acids is 1. The summed E-state index contributed by atoms with van der Waals surface area (Å²) in [5.41, 5.74) is 2.90. The van der Waals surface area contributed by atoms with Crippen LogP contribution in [0.2, 0.25) is 5.02 Å². The number of carbonyl (C=O) groups is 1. The second-order valence-electron chi connectivity index (χ2n) is 7.96. The fourth-order valence-corrected chi connectivity index (χ4v) is 5.19. The molecule has 1 unspecified atom stereocenters. The lowest BCUT2D eigenvalue weighted by Crippen LogP contribution is -2.27. The Bertz CT molecular complexity index is 1300. The molecule has 0 bridgehead atoms. The third-order valence-electron chi connectivity index (χ3n) is 5.02. The Morgan fingerprint density at radius 3 is 2.33 bits per heavy atom. The summed E-state index contributed by atoms with van der Waals surface area (Å²) in [5.74, 6) is -0.461. The van der Waals surface area contributed by atoms with Gasteiger partial charge in [-0.05, 0) is 61.4 Å². The number of sulfone groups is 1. The molecule has 10 heteroatoms. The van der Waals surface area contributed by atoms with E-state index in [1.54, 1.807) is 37.4 Å². The highest BCUT2D eigenvalue weighted by molar-refractivity contribution is 8.23. The van der Waals surface area contributed by atoms with Crippen molar-refractivity contribution in [1.29, 1.82) is 0 Å². The van der Waals surface area contributed by atoms with Crippen LogP contribution < -0.4 is 5.32 Å². The number of amides is 1. The van der Waals surface area contributed by atoms with Gasteiger partial charge in [0, 0.05) is 29.8 Å². The Labute approximate surface area is 200 Å². The first-order valence-electron chi connectivity index (χ1n) is 9.87. The first-order chi connectivity index (χ1) is 15.3. The van der Waals surface area contributed by atoms with Crippen molar-refractivity contribution in [2.45, 2.75) is 29.7 Å². The standard InChI is InChI=1S/C23H25ClN2O5S2/c1-14-5-8-21(25-13-14)17-9-18(11-19(10-17)32(3,28)29)23(27)26-15(2)16-6-7-20(24)22(12-16)33(4,30)31/h5-13,15,28-29H,1-4H3,(H,26,27). The summed E-state index contributed by atoms with van der Waals surface area (Å²) in [5, 5.41) is 2.93. The molecule has 176 valence electrons. The van der Waals surface area contributed by atoms with Gasteiger partial charge < -0.3 is 5.32 Å². The topological polar surface area (TPSA) is 117 Å². The van der Waals surface area contributed by atoms with Crippen molar-refractivity contribution in [3.63, 3.8) is 0 Å². The van der Waals surface area contributed by atoms with Gasteiger partial charge in [0.2, 0.25) is 0 Å². The van der Waals surface area contributed by atoms with Crippen molar-refractivity contribution in [2.24, 2.45) is 0 Å². The molecule has 0 saturated carbocycles. The zero-order valence-corrected chi connectivity index (χ0v) is 20.9. The minimum Gasteiger partial charge on any atom is -0.346 e. The molecule has 0 aliphatic carbocycles. The smallest absolute Gasteiger partial charge is 0.251 e. The fraction of sp³-hybridized carbons (Fsp3) is 0.217. The van der Waals surface area contributed by atoms with Crippen molar-refractivity contribution in [1.82, 2.24) is 10.3 Å². The van der Waals surface area contributed by atoms with E-state index in [0.29, 0.717) is 16.8 Å². The highest BCUT2D eigenvalue weighted by Gasteiger charge is 2.20. The van der Waals surface area contributed by atoms with Gasteiger partial charge in [-0.2, -0.15) is 10.6 Å². The maximum Gasteiger partial charge on any atom is 0.251 e. The molecule has 3 aromatic rings. The van der Waals surface area contributed by atoms with E-state index in [1.165, 1.54) is 24.5 Å². The molecule has 0 radical (unpaired) electrons. The average molecular weight is 509 g/mol. The molecule has 2 aromatic carbocycles. The number of halogens is 1. The van der Waals surface area contributed by atoms with E-state index < -0.39 is 32.4 Å². The molecule has 1 aromatic heterocycles. The van der Waals surface area contributed by atoms with Gasteiger partial charge in [0.25, 0.3) is 5.91 Å². The quantitative estimate of drug-likeness (QED) is 0.413. The van der Waals surface area contributed by atoms with Crippen molar-refractivity contribution < 1.29 is 22.3 Å². The monoisotopic (exact) mass is 508 g/mol. The van der Waals surface area contributed by atoms with Gasteiger partial charge in [0.1, 0.15) is 0 Å². The number of pyridine rings is 1. The average Bonchev–Trinajstić information content (AvgIpc) is 2.72. The van der Waals surface area contributed by atoms with Gasteiger partial charge >= 0.3 is 0 Å². The molecule has 1 heterocycles. The zero-order chi connectivity index (χ0) is 24.6. The first kappa shape index (κ1) is 25.2. The minimum absolute atomic E-state index is 0.0163. The zero-order valence-electron chi connectivity index (χ0n) is 18.5. The lowest BCUT2D eigenvalue weighted by molar-refractivity contribution is 0.0939. The number of hydrogen-bond donors (Lipinski definition) is 3. The summed E-state index contributed by atoms with van der Waals surface area (Å²) in [6.45, 7) is 3.62. The summed E-state index contributed by atoms with van der Waals surface area (Å²) in [6.07, 6.45) is 4.05. The Morgan fingerprint density at radius 1 is 1.06 bits per heavy atom. The van der Waals surface area contributed by atoms with Gasteiger partial charge in [-0.25, -0.2) is 8.42 Å². The van der Waals surface area contributed by atoms with Gasteiger partial charge in [-0.1, -0.05) is 23.7 Å². The third-order valence-corrected chi connectivity index (χ3v) is 7.73. The Kier molecular flexibility index (Phi) is 7.21. The summed E-state index contributed by atoms with van der Waals surface area (Å²) < 4.78 is 44.4. The van der Waals surface area contributed by atoms with Gasteiger partial charge in [-0.3, -0.25) is 18.9 Å². The Balaban J connectivity index is 1.96. The van der Waals surface area contributed by atoms with Crippen LogP contribution >= 0.6 is 22.2 Å². The summed E-state index contributed by atoms with van der Waals surface area (Å²) >= 11 is 6.02. The van der Waals surface area contributed by atoms with E-state index >= 15 is 0 Å². The number of aromatic nitrogens is 1. The van der Waals surface area contributed by atoms with Crippen LogP contribution in [0.5, 0.6) is 0 Å². The molecule has 33 heavy (non-hydrogen) atoms. The molecular formula is C23H25ClN2O5S2. The van der Waals surface area contributed by atoms with Gasteiger partial charge in [0.15, 0.2) is 9.84 Å². The number of hydrogen-bond acceptors (Lipinski definition) is 6. The second-order valence-corrected chi connectivity index (χ2v) is 12.5. The summed E-state index contributed by atoms with van der Waals surface area (Å²) in [7, 11) is -6.63. The van der Waals surface area contributed by atoms with E-state index in [2.05, 4.69) is 10.3 Å². The predicted molar refractivity (Wildman–Crippen MR) is 132 cm³/mol. The normalized spacial score (nSPS) is 13.4. The van der Waals surface area contributed by atoms with Crippen molar-refractivity contribution in [2.75, 3.05) is 12.5 Å². The number of nitrogens with zero attached hydrogens (tertiary/aromatic N) is 1. The Hall–Kier alpha value is -2.43. The number of rotatable bonds is 6. The molecule has 1 amide bonds. The predicted octanol–water partition coefficient (Wildman–Crippen LogP) is 5.34. The molecule has 0 spiro atoms. The molecule has 3 rings (SSSR count). The summed E-state index contributed by atoms with van der Waals surface area (Å²) in [4.78, 5) is 17.6. The van der Waals surface area contributed by atoms with Crippen LogP contribution in [0.4, 0.5) is 0 Å². The fourth-order valence-electron chi connectivity index (χ4n) is 3.18. The van der Waals surface area contributed by atoms with Crippen LogP contribution in [0, 0.1) is 6.92 Å². The molecular weight excluding hydrogens is 484 g/mol. The van der Waals surface area contributed by atoms with Gasteiger partial charge in [-0.15, -0.1) is 0 Å². The maximum atomic E-state index is 13.1. The SMILES string of the molecule is Cc1ccc(-c2cc(C(=O)NC(C)c3ccc(Cl)c(S(C)(=O)=O)c3)cc(S(C)(O)O)c2)nc1. The molecule has 0 saturated heterocycles. The largest absolute Gasteiger partial charge is 0.346 e. The molecule has 0 aliphatic rings.